The molecule has 0 aliphatic heterocycles. The van der Waals surface area contributed by atoms with E-state index >= 15 is 0 Å². The van der Waals surface area contributed by atoms with Gasteiger partial charge < -0.3 is 0 Å². The van der Waals surface area contributed by atoms with Crippen LogP contribution < -0.4 is 4.40 Å². The van der Waals surface area contributed by atoms with E-state index in [9.17, 15) is 35.3 Å². The molecule has 0 spiro atoms. The maximum absolute atomic E-state index is 10.9. The number of pyridine rings is 2. The van der Waals surface area contributed by atoms with E-state index in [2.05, 4.69) is 0 Å². The Balaban J connectivity index is 0.000000236. The maximum atomic E-state index is 10.9. The standard InChI is InChI=1S/C11H7N2O2S.F6P/c14-13(15)9-7-16-10-4-6-12-5-2-1-3-8(12)11(9)10;1-7(2,3,4,5)6/h1-7H;/q+1;-1. The van der Waals surface area contributed by atoms with E-state index in [0.717, 1.165) is 15.6 Å². The second-order valence-electron chi connectivity index (χ2n) is 4.38. The normalized spacial score (nSPS) is 14.7. The molecule has 126 valence electrons. The van der Waals surface area contributed by atoms with E-state index in [-0.39, 0.29) is 10.6 Å². The first-order valence-corrected chi connectivity index (χ1v) is 8.64. The first-order valence-electron chi connectivity index (χ1n) is 5.73. The molecule has 3 heterocycles. The van der Waals surface area contributed by atoms with Crippen LogP contribution in [0.15, 0.2) is 42.0 Å². The number of nitro groups is 1. The van der Waals surface area contributed by atoms with Gasteiger partial charge in [0, 0.05) is 18.2 Å². The second kappa shape index (κ2) is 4.75. The number of rotatable bonds is 1. The van der Waals surface area contributed by atoms with Crippen LogP contribution in [0.4, 0.5) is 30.9 Å². The van der Waals surface area contributed by atoms with Gasteiger partial charge >= 0.3 is 33.0 Å². The van der Waals surface area contributed by atoms with Crippen molar-refractivity contribution >= 4 is 40.4 Å². The molecule has 12 heteroatoms. The Morgan fingerprint density at radius 2 is 1.65 bits per heavy atom. The van der Waals surface area contributed by atoms with Crippen molar-refractivity contribution < 1.29 is 34.5 Å². The number of fused-ring (bicyclic) bond motifs is 3. The smallest absolute Gasteiger partial charge is 0.258 e. The molecule has 0 fully saturated rings. The molecular weight excluding hydrogens is 369 g/mol. The van der Waals surface area contributed by atoms with Gasteiger partial charge in [0.05, 0.1) is 15.0 Å². The summed E-state index contributed by atoms with van der Waals surface area (Å²) in [7, 11) is -10.7. The summed E-state index contributed by atoms with van der Waals surface area (Å²) in [5.41, 5.74) is 1.05. The fourth-order valence-electron chi connectivity index (χ4n) is 1.82. The number of nitrogens with zero attached hydrogens (tertiary/aromatic N) is 2. The molecule has 3 aromatic rings. The van der Waals surface area contributed by atoms with Crippen molar-refractivity contribution in [3.63, 3.8) is 0 Å². The van der Waals surface area contributed by atoms with Crippen LogP contribution in [0, 0.1) is 10.1 Å². The minimum absolute atomic E-state index is 0.185. The number of aromatic nitrogens is 1. The number of thiophene rings is 1. The van der Waals surface area contributed by atoms with Crippen molar-refractivity contribution in [1.29, 1.82) is 0 Å². The fraction of sp³-hybridized carbons (Fsp3) is 0. The van der Waals surface area contributed by atoms with Gasteiger partial charge in [-0.3, -0.25) is 10.1 Å². The minimum Gasteiger partial charge on any atom is -0.258 e. The van der Waals surface area contributed by atoms with Gasteiger partial charge in [-0.2, -0.15) is 4.40 Å². The molecule has 0 aliphatic carbocycles. The Morgan fingerprint density at radius 3 is 2.22 bits per heavy atom. The molecule has 23 heavy (non-hydrogen) atoms. The molecule has 0 unspecified atom stereocenters. The van der Waals surface area contributed by atoms with Crippen molar-refractivity contribution in [3.05, 3.63) is 52.2 Å². The van der Waals surface area contributed by atoms with Gasteiger partial charge in [-0.25, -0.2) is 0 Å². The monoisotopic (exact) mass is 376 g/mol. The predicted octanol–water partition coefficient (Wildman–Crippen LogP) is 5.93. The Morgan fingerprint density at radius 1 is 1.04 bits per heavy atom. The van der Waals surface area contributed by atoms with Gasteiger partial charge in [-0.1, -0.05) is 0 Å². The van der Waals surface area contributed by atoms with Gasteiger partial charge in [0.2, 0.25) is 5.52 Å². The fourth-order valence-corrected chi connectivity index (χ4v) is 2.73. The van der Waals surface area contributed by atoms with Crippen LogP contribution in [0.2, 0.25) is 0 Å². The summed E-state index contributed by atoms with van der Waals surface area (Å²) in [6, 6.07) is 7.58. The van der Waals surface area contributed by atoms with Crippen LogP contribution in [0.1, 0.15) is 0 Å². The average molecular weight is 376 g/mol. The van der Waals surface area contributed by atoms with E-state index in [0.29, 0.717) is 0 Å². The Bertz CT molecular complexity index is 898. The Hall–Kier alpha value is -2.00. The zero-order chi connectivity index (χ0) is 17.5. The van der Waals surface area contributed by atoms with Crippen molar-refractivity contribution in [1.82, 2.24) is 0 Å². The summed E-state index contributed by atoms with van der Waals surface area (Å²) in [5.74, 6) is 0. The third kappa shape index (κ3) is 5.29. The number of hydrogen-bond donors (Lipinski definition) is 0. The molecule has 0 N–H and O–H groups in total. The van der Waals surface area contributed by atoms with E-state index < -0.39 is 7.81 Å². The molecular formula is C11H7F6N2O2PS. The summed E-state index contributed by atoms with van der Waals surface area (Å²) in [5, 5.41) is 13.2. The molecule has 3 rings (SSSR count). The first kappa shape index (κ1) is 17.4. The van der Waals surface area contributed by atoms with E-state index in [1.54, 1.807) is 5.38 Å². The molecule has 4 nitrogen and oxygen atoms in total. The largest absolute Gasteiger partial charge is 0.294 e. The van der Waals surface area contributed by atoms with Crippen molar-refractivity contribution in [2.75, 3.05) is 0 Å². The molecule has 0 saturated heterocycles. The van der Waals surface area contributed by atoms with Gasteiger partial charge in [0.15, 0.2) is 12.4 Å². The summed E-state index contributed by atoms with van der Waals surface area (Å²) in [6.45, 7) is 0. The maximum Gasteiger partial charge on any atom is 0.294 e. The summed E-state index contributed by atoms with van der Waals surface area (Å²) in [4.78, 5) is 10.6. The quantitative estimate of drug-likeness (QED) is 0.174. The third-order valence-corrected chi connectivity index (χ3v) is 3.46. The first-order chi connectivity index (χ1) is 10.2. The Labute approximate surface area is 128 Å². The topological polar surface area (TPSA) is 47.2 Å². The van der Waals surface area contributed by atoms with E-state index in [4.69, 9.17) is 0 Å². The van der Waals surface area contributed by atoms with Gasteiger partial charge in [-0.15, -0.1) is 11.3 Å². The van der Waals surface area contributed by atoms with Crippen molar-refractivity contribution in [3.8, 4) is 0 Å². The summed E-state index contributed by atoms with van der Waals surface area (Å²) < 4.78 is 62.0. The van der Waals surface area contributed by atoms with Crippen LogP contribution in [0.3, 0.4) is 0 Å². The van der Waals surface area contributed by atoms with Crippen LogP contribution in [0.5, 0.6) is 0 Å². The average Bonchev–Trinajstić information content (AvgIpc) is 2.79. The minimum atomic E-state index is -10.7. The van der Waals surface area contributed by atoms with E-state index in [1.165, 1.54) is 11.3 Å². The molecule has 0 radical (unpaired) electrons. The van der Waals surface area contributed by atoms with Crippen LogP contribution in [0.25, 0.3) is 15.6 Å². The van der Waals surface area contributed by atoms with Crippen molar-refractivity contribution in [2.24, 2.45) is 0 Å². The number of hydrogen-bond acceptors (Lipinski definition) is 3. The SMILES string of the molecule is F[P-](F)(F)(F)(F)F.O=[N+]([O-])c1csc2cc[n+]3ccccc3c12. The third-order valence-electron chi connectivity index (χ3n) is 2.53. The van der Waals surface area contributed by atoms with Gasteiger partial charge in [0.1, 0.15) is 5.39 Å². The molecule has 0 saturated carbocycles. The zero-order valence-corrected chi connectivity index (χ0v) is 12.6. The van der Waals surface area contributed by atoms with Crippen LogP contribution in [-0.4, -0.2) is 4.92 Å². The zero-order valence-electron chi connectivity index (χ0n) is 10.9. The van der Waals surface area contributed by atoms with Gasteiger partial charge in [-0.05, 0) is 6.07 Å². The Kier molecular flexibility index (Phi) is 3.58. The number of halogens is 6. The second-order valence-corrected chi connectivity index (χ2v) is 7.21. The van der Waals surface area contributed by atoms with Gasteiger partial charge in [0.25, 0.3) is 5.69 Å². The molecule has 0 aliphatic rings. The molecule has 0 aromatic carbocycles. The van der Waals surface area contributed by atoms with Crippen LogP contribution >= 0.6 is 19.1 Å². The molecule has 3 aromatic heterocycles. The van der Waals surface area contributed by atoms with E-state index in [1.807, 2.05) is 41.1 Å². The van der Waals surface area contributed by atoms with Crippen molar-refractivity contribution in [2.45, 2.75) is 0 Å². The summed E-state index contributed by atoms with van der Waals surface area (Å²) >= 11 is 1.40. The molecule has 0 atom stereocenters. The predicted molar refractivity (Wildman–Crippen MR) is 75.2 cm³/mol. The molecule has 0 amide bonds. The van der Waals surface area contributed by atoms with Crippen LogP contribution in [-0.2, 0) is 0 Å². The molecule has 0 bridgehead atoms. The summed E-state index contributed by atoms with van der Waals surface area (Å²) in [6.07, 6.45) is 3.80.